The minimum atomic E-state index is -0.840. The third-order valence-electron chi connectivity index (χ3n) is 3.43. The molecule has 2 N–H and O–H groups in total. The Kier molecular flexibility index (Phi) is 3.34. The van der Waals surface area contributed by atoms with E-state index in [2.05, 4.69) is 10.2 Å². The van der Waals surface area contributed by atoms with Crippen molar-refractivity contribution in [1.29, 1.82) is 0 Å². The van der Waals surface area contributed by atoms with E-state index in [1.807, 2.05) is 20.8 Å². The third kappa shape index (κ3) is 2.77. The molecule has 1 atom stereocenters. The van der Waals surface area contributed by atoms with Crippen molar-refractivity contribution in [2.24, 2.45) is 5.92 Å². The first kappa shape index (κ1) is 13.6. The van der Waals surface area contributed by atoms with Gasteiger partial charge in [-0.2, -0.15) is 5.10 Å². The Morgan fingerprint density at radius 3 is 2.63 bits per heavy atom. The molecule has 6 nitrogen and oxygen atoms in total. The monoisotopic (exact) mass is 265 g/mol. The molecule has 0 spiro atoms. The summed E-state index contributed by atoms with van der Waals surface area (Å²) in [5, 5.41) is 15.8. The average molecular weight is 265 g/mol. The number of H-pyrrole nitrogens is 1. The Morgan fingerprint density at radius 2 is 2.16 bits per heavy atom. The summed E-state index contributed by atoms with van der Waals surface area (Å²) in [7, 11) is 0. The first-order valence-corrected chi connectivity index (χ1v) is 6.37. The summed E-state index contributed by atoms with van der Waals surface area (Å²) in [6, 6.07) is 1.75. The lowest BCUT2D eigenvalue weighted by Gasteiger charge is -2.15. The normalized spacial score (nSPS) is 19.7. The van der Waals surface area contributed by atoms with Crippen LogP contribution in [0.5, 0.6) is 0 Å². The fourth-order valence-electron chi connectivity index (χ4n) is 2.12. The number of rotatable bonds is 2. The fourth-order valence-corrected chi connectivity index (χ4v) is 2.12. The van der Waals surface area contributed by atoms with Crippen LogP contribution < -0.4 is 0 Å². The van der Waals surface area contributed by atoms with Crippen LogP contribution in [0, 0.1) is 5.92 Å². The third-order valence-corrected chi connectivity index (χ3v) is 3.43. The van der Waals surface area contributed by atoms with Crippen molar-refractivity contribution >= 4 is 11.9 Å². The summed E-state index contributed by atoms with van der Waals surface area (Å²) in [4.78, 5) is 24.6. The van der Waals surface area contributed by atoms with Crippen molar-refractivity contribution in [3.63, 3.8) is 0 Å². The summed E-state index contributed by atoms with van der Waals surface area (Å²) in [6.07, 6.45) is 0.512. The minimum absolute atomic E-state index is 0.0971. The van der Waals surface area contributed by atoms with Gasteiger partial charge >= 0.3 is 5.97 Å². The van der Waals surface area contributed by atoms with Gasteiger partial charge in [0.1, 0.15) is 5.69 Å². The molecule has 1 aliphatic rings. The lowest BCUT2D eigenvalue weighted by molar-refractivity contribution is -0.141. The van der Waals surface area contributed by atoms with Gasteiger partial charge in [-0.25, -0.2) is 0 Å². The van der Waals surface area contributed by atoms with Crippen LogP contribution in [0.25, 0.3) is 0 Å². The maximum Gasteiger partial charge on any atom is 0.308 e. The first-order chi connectivity index (χ1) is 8.79. The van der Waals surface area contributed by atoms with Crippen LogP contribution in [0.3, 0.4) is 0 Å². The van der Waals surface area contributed by atoms with Gasteiger partial charge in [-0.1, -0.05) is 20.8 Å². The van der Waals surface area contributed by atoms with E-state index in [1.54, 1.807) is 11.0 Å². The van der Waals surface area contributed by atoms with Crippen molar-refractivity contribution in [2.75, 3.05) is 13.1 Å². The van der Waals surface area contributed by atoms with Gasteiger partial charge in [-0.3, -0.25) is 14.7 Å². The lowest BCUT2D eigenvalue weighted by atomic mass is 9.92. The molecule has 0 unspecified atom stereocenters. The summed E-state index contributed by atoms with van der Waals surface area (Å²) >= 11 is 0. The summed E-state index contributed by atoms with van der Waals surface area (Å²) in [5.74, 6) is -1.49. The van der Waals surface area contributed by atoms with Gasteiger partial charge in [0.15, 0.2) is 0 Å². The van der Waals surface area contributed by atoms with E-state index < -0.39 is 11.9 Å². The number of nitrogens with zero attached hydrogens (tertiary/aromatic N) is 2. The Balaban J connectivity index is 2.09. The van der Waals surface area contributed by atoms with E-state index in [4.69, 9.17) is 5.11 Å². The number of hydrogen-bond donors (Lipinski definition) is 2. The number of amides is 1. The molecule has 0 aliphatic carbocycles. The standard InChI is InChI=1S/C13H19N3O3/c1-13(2,3)10-6-9(14-15-10)11(17)16-5-4-8(7-16)12(18)19/h6,8H,4-5,7H2,1-3H3,(H,14,15)(H,18,19)/t8-/m1/s1. The summed E-state index contributed by atoms with van der Waals surface area (Å²) in [6.45, 7) is 6.85. The highest BCUT2D eigenvalue weighted by Crippen LogP contribution is 2.22. The SMILES string of the molecule is CC(C)(C)c1cc(C(=O)N2CC[C@@H](C(=O)O)C2)n[nH]1. The molecule has 1 aromatic rings. The van der Waals surface area contributed by atoms with Crippen LogP contribution in [0.15, 0.2) is 6.07 Å². The van der Waals surface area contributed by atoms with Gasteiger partial charge in [0.25, 0.3) is 5.91 Å². The highest BCUT2D eigenvalue weighted by atomic mass is 16.4. The van der Waals surface area contributed by atoms with Crippen LogP contribution in [-0.4, -0.2) is 45.2 Å². The predicted molar refractivity (Wildman–Crippen MR) is 68.9 cm³/mol. The van der Waals surface area contributed by atoms with Crippen LogP contribution in [0.1, 0.15) is 43.4 Å². The molecule has 0 saturated carbocycles. The molecule has 1 aromatic heterocycles. The second kappa shape index (κ2) is 4.68. The number of hydrogen-bond acceptors (Lipinski definition) is 3. The molecule has 104 valence electrons. The fraction of sp³-hybridized carbons (Fsp3) is 0.615. The number of carboxylic acids is 1. The maximum atomic E-state index is 12.2. The van der Waals surface area contributed by atoms with Gasteiger partial charge < -0.3 is 10.0 Å². The molecule has 1 fully saturated rings. The van der Waals surface area contributed by atoms with Crippen molar-refractivity contribution in [3.8, 4) is 0 Å². The van der Waals surface area contributed by atoms with Crippen LogP contribution in [0.2, 0.25) is 0 Å². The van der Waals surface area contributed by atoms with E-state index in [-0.39, 0.29) is 17.9 Å². The Morgan fingerprint density at radius 1 is 1.47 bits per heavy atom. The zero-order valence-electron chi connectivity index (χ0n) is 11.4. The number of aliphatic carboxylic acids is 1. The van der Waals surface area contributed by atoms with Crippen molar-refractivity contribution in [3.05, 3.63) is 17.5 Å². The van der Waals surface area contributed by atoms with E-state index in [0.29, 0.717) is 18.7 Å². The molecule has 0 aromatic carbocycles. The zero-order chi connectivity index (χ0) is 14.2. The molecular formula is C13H19N3O3. The van der Waals surface area contributed by atoms with Crippen LogP contribution in [0.4, 0.5) is 0 Å². The predicted octanol–water partition coefficient (Wildman–Crippen LogP) is 1.25. The van der Waals surface area contributed by atoms with Gasteiger partial charge in [-0.15, -0.1) is 0 Å². The topological polar surface area (TPSA) is 86.3 Å². The number of aromatic nitrogens is 2. The lowest BCUT2D eigenvalue weighted by Crippen LogP contribution is -2.30. The van der Waals surface area contributed by atoms with Crippen LogP contribution >= 0.6 is 0 Å². The molecule has 2 rings (SSSR count). The molecule has 19 heavy (non-hydrogen) atoms. The Hall–Kier alpha value is -1.85. The first-order valence-electron chi connectivity index (χ1n) is 6.37. The molecular weight excluding hydrogens is 246 g/mol. The number of aromatic amines is 1. The van der Waals surface area contributed by atoms with Gasteiger partial charge in [0.05, 0.1) is 5.92 Å². The molecule has 2 heterocycles. The summed E-state index contributed by atoms with van der Waals surface area (Å²) in [5.41, 5.74) is 1.15. The van der Waals surface area contributed by atoms with Crippen molar-refractivity contribution in [1.82, 2.24) is 15.1 Å². The molecule has 0 radical (unpaired) electrons. The van der Waals surface area contributed by atoms with Crippen molar-refractivity contribution < 1.29 is 14.7 Å². The van der Waals surface area contributed by atoms with Crippen molar-refractivity contribution in [2.45, 2.75) is 32.6 Å². The van der Waals surface area contributed by atoms with Gasteiger partial charge in [0, 0.05) is 24.2 Å². The number of nitrogens with one attached hydrogen (secondary N) is 1. The van der Waals surface area contributed by atoms with E-state index >= 15 is 0 Å². The highest BCUT2D eigenvalue weighted by molar-refractivity contribution is 5.93. The zero-order valence-corrected chi connectivity index (χ0v) is 11.4. The van der Waals surface area contributed by atoms with E-state index in [0.717, 1.165) is 5.69 Å². The summed E-state index contributed by atoms with van der Waals surface area (Å²) < 4.78 is 0. The second-order valence-electron chi connectivity index (χ2n) is 5.99. The number of carbonyl (C=O) groups excluding carboxylic acids is 1. The highest BCUT2D eigenvalue weighted by Gasteiger charge is 2.32. The maximum absolute atomic E-state index is 12.2. The van der Waals surface area contributed by atoms with E-state index in [9.17, 15) is 9.59 Å². The van der Waals surface area contributed by atoms with Gasteiger partial charge in [0.2, 0.25) is 0 Å². The average Bonchev–Trinajstić information content (AvgIpc) is 2.97. The number of likely N-dealkylation sites (tertiary alicyclic amines) is 1. The van der Waals surface area contributed by atoms with Gasteiger partial charge in [-0.05, 0) is 12.5 Å². The smallest absolute Gasteiger partial charge is 0.308 e. The van der Waals surface area contributed by atoms with E-state index in [1.165, 1.54) is 0 Å². The quantitative estimate of drug-likeness (QED) is 0.842. The Labute approximate surface area is 111 Å². The molecule has 1 aliphatic heterocycles. The molecule has 1 amide bonds. The molecule has 6 heteroatoms. The van der Waals surface area contributed by atoms with Crippen LogP contribution in [-0.2, 0) is 10.2 Å². The molecule has 0 bridgehead atoms. The molecule has 1 saturated heterocycles. The second-order valence-corrected chi connectivity index (χ2v) is 5.99. The minimum Gasteiger partial charge on any atom is -0.481 e. The number of carbonyl (C=O) groups is 2. The largest absolute Gasteiger partial charge is 0.481 e. The Bertz CT molecular complexity index is 501. The number of carboxylic acid groups (broad SMARTS) is 1.